The van der Waals surface area contributed by atoms with Crippen LogP contribution in [0.2, 0.25) is 0 Å². The van der Waals surface area contributed by atoms with Gasteiger partial charge in [0.2, 0.25) is 0 Å². The van der Waals surface area contributed by atoms with E-state index in [1.165, 1.54) is 0 Å². The van der Waals surface area contributed by atoms with Crippen molar-refractivity contribution in [1.82, 2.24) is 0 Å². The number of rotatable bonds is 10. The smallest absolute Gasteiger partial charge is 0.325 e. The van der Waals surface area contributed by atoms with E-state index in [-0.39, 0.29) is 12.5 Å². The number of aliphatic carboxylic acids is 1. The summed E-state index contributed by atoms with van der Waals surface area (Å²) in [5.74, 6) is -2.65. The highest BCUT2D eigenvalue weighted by Gasteiger charge is 2.34. The van der Waals surface area contributed by atoms with Gasteiger partial charge in [-0.2, -0.15) is 8.42 Å². The largest absolute Gasteiger partial charge is 0.480 e. The van der Waals surface area contributed by atoms with Crippen LogP contribution in [0.15, 0.2) is 12.7 Å². The van der Waals surface area contributed by atoms with Crippen LogP contribution in [0.4, 0.5) is 0 Å². The molecule has 0 saturated heterocycles. The van der Waals surface area contributed by atoms with Gasteiger partial charge in [-0.25, -0.2) is 0 Å². The zero-order chi connectivity index (χ0) is 15.8. The summed E-state index contributed by atoms with van der Waals surface area (Å²) >= 11 is 0. The van der Waals surface area contributed by atoms with Gasteiger partial charge in [-0.05, 0) is 18.8 Å². The predicted molar refractivity (Wildman–Crippen MR) is 71.8 cm³/mol. The molecule has 0 spiro atoms. The molecule has 0 aromatic carbocycles. The van der Waals surface area contributed by atoms with Crippen molar-refractivity contribution in [1.29, 1.82) is 0 Å². The van der Waals surface area contributed by atoms with Crippen molar-refractivity contribution < 1.29 is 32.4 Å². The van der Waals surface area contributed by atoms with Crippen LogP contribution in [0.5, 0.6) is 0 Å². The van der Waals surface area contributed by atoms with Gasteiger partial charge in [0.05, 0.1) is 13.0 Å². The lowest BCUT2D eigenvalue weighted by Gasteiger charge is -2.15. The summed E-state index contributed by atoms with van der Waals surface area (Å²) in [6, 6.07) is 0. The molecule has 0 bridgehead atoms. The quantitative estimate of drug-likeness (QED) is 0.354. The van der Waals surface area contributed by atoms with Crippen molar-refractivity contribution in [2.24, 2.45) is 5.92 Å². The molecule has 0 heterocycles. The van der Waals surface area contributed by atoms with E-state index in [9.17, 15) is 18.0 Å². The van der Waals surface area contributed by atoms with Crippen molar-refractivity contribution >= 4 is 22.1 Å². The number of carboxylic acid groups (broad SMARTS) is 1. The van der Waals surface area contributed by atoms with Gasteiger partial charge in [-0.15, -0.1) is 6.58 Å². The number of allylic oxidation sites excluding steroid dienone is 1. The van der Waals surface area contributed by atoms with Gasteiger partial charge in [0.15, 0.2) is 5.25 Å². The Hall–Kier alpha value is -1.41. The summed E-state index contributed by atoms with van der Waals surface area (Å²) in [5.41, 5.74) is 0. The second-order valence-electron chi connectivity index (χ2n) is 4.37. The zero-order valence-corrected chi connectivity index (χ0v) is 12.1. The van der Waals surface area contributed by atoms with Crippen molar-refractivity contribution in [3.63, 3.8) is 0 Å². The standard InChI is InChI=1S/C12H20O7S/c1-3-5-6-9(4-2)8-19-11(13)7-10(12(14)15)20(16,17)18/h3,9-10H,1,4-8H2,2H3,(H,14,15)(H,16,17,18)/t9-,10?/m1/s1. The summed E-state index contributed by atoms with van der Waals surface area (Å²) in [5, 5.41) is 6.45. The Bertz CT molecular complexity index is 441. The maximum Gasteiger partial charge on any atom is 0.325 e. The average molecular weight is 308 g/mol. The molecule has 0 rings (SSSR count). The third-order valence-electron chi connectivity index (χ3n) is 2.82. The van der Waals surface area contributed by atoms with Crippen molar-refractivity contribution in [2.45, 2.75) is 37.9 Å². The Labute approximate surface area is 118 Å². The van der Waals surface area contributed by atoms with E-state index in [1.807, 2.05) is 6.92 Å². The number of ether oxygens (including phenoxy) is 1. The van der Waals surface area contributed by atoms with Crippen molar-refractivity contribution in [3.05, 3.63) is 12.7 Å². The van der Waals surface area contributed by atoms with Gasteiger partial charge < -0.3 is 9.84 Å². The Morgan fingerprint density at radius 1 is 1.40 bits per heavy atom. The molecule has 8 heteroatoms. The molecule has 0 radical (unpaired) electrons. The fourth-order valence-electron chi connectivity index (χ4n) is 1.50. The fraction of sp³-hybridized carbons (Fsp3) is 0.667. The highest BCUT2D eigenvalue weighted by molar-refractivity contribution is 7.87. The maximum absolute atomic E-state index is 11.4. The summed E-state index contributed by atoms with van der Waals surface area (Å²) in [6.07, 6.45) is 3.13. The van der Waals surface area contributed by atoms with Crippen LogP contribution in [0, 0.1) is 5.92 Å². The molecule has 0 aromatic heterocycles. The molecule has 0 aromatic rings. The van der Waals surface area contributed by atoms with Crippen LogP contribution in [0.1, 0.15) is 32.6 Å². The molecule has 116 valence electrons. The number of hydrogen-bond donors (Lipinski definition) is 2. The van der Waals surface area contributed by atoms with Crippen LogP contribution < -0.4 is 0 Å². The molecule has 2 atom stereocenters. The van der Waals surface area contributed by atoms with Crippen LogP contribution in [-0.2, 0) is 24.4 Å². The molecule has 0 amide bonds. The summed E-state index contributed by atoms with van der Waals surface area (Å²) < 4.78 is 35.2. The third kappa shape index (κ3) is 7.25. The molecular formula is C12H20O7S. The lowest BCUT2D eigenvalue weighted by molar-refractivity contribution is -0.148. The first kappa shape index (κ1) is 18.6. The molecule has 0 saturated carbocycles. The van der Waals surface area contributed by atoms with Crippen LogP contribution >= 0.6 is 0 Å². The van der Waals surface area contributed by atoms with Gasteiger partial charge in [-0.3, -0.25) is 14.1 Å². The normalized spacial score (nSPS) is 14.3. The second-order valence-corrected chi connectivity index (χ2v) is 5.97. The van der Waals surface area contributed by atoms with Crippen LogP contribution in [0.25, 0.3) is 0 Å². The Morgan fingerprint density at radius 3 is 2.40 bits per heavy atom. The van der Waals surface area contributed by atoms with E-state index in [4.69, 9.17) is 14.4 Å². The van der Waals surface area contributed by atoms with Crippen LogP contribution in [-0.4, -0.2) is 41.9 Å². The summed E-state index contributed by atoms with van der Waals surface area (Å²) in [4.78, 5) is 22.1. The first-order chi connectivity index (χ1) is 9.22. The van der Waals surface area contributed by atoms with E-state index in [0.717, 1.165) is 19.3 Å². The molecule has 20 heavy (non-hydrogen) atoms. The van der Waals surface area contributed by atoms with Crippen LogP contribution in [0.3, 0.4) is 0 Å². The SMILES string of the molecule is C=CCC[C@@H](CC)COC(=O)CC(C(=O)O)S(=O)(=O)O. The van der Waals surface area contributed by atoms with Gasteiger partial charge in [-0.1, -0.05) is 19.4 Å². The van der Waals surface area contributed by atoms with Crippen molar-refractivity contribution in [3.8, 4) is 0 Å². The number of carbonyl (C=O) groups is 2. The Balaban J connectivity index is 4.40. The zero-order valence-electron chi connectivity index (χ0n) is 11.3. The first-order valence-electron chi connectivity index (χ1n) is 6.18. The Morgan fingerprint density at radius 2 is 2.00 bits per heavy atom. The lowest BCUT2D eigenvalue weighted by Crippen LogP contribution is -2.33. The lowest BCUT2D eigenvalue weighted by atomic mass is 10.0. The molecule has 0 aliphatic carbocycles. The molecule has 0 fully saturated rings. The van der Waals surface area contributed by atoms with Gasteiger partial charge in [0.1, 0.15) is 0 Å². The van der Waals surface area contributed by atoms with E-state index < -0.39 is 33.7 Å². The average Bonchev–Trinajstić information content (AvgIpc) is 2.34. The first-order valence-corrected chi connectivity index (χ1v) is 7.68. The number of esters is 1. The summed E-state index contributed by atoms with van der Waals surface area (Å²) in [7, 11) is -4.83. The van der Waals surface area contributed by atoms with Crippen molar-refractivity contribution in [2.75, 3.05) is 6.61 Å². The van der Waals surface area contributed by atoms with E-state index in [2.05, 4.69) is 6.58 Å². The second kappa shape index (κ2) is 8.70. The molecule has 0 aliphatic rings. The maximum atomic E-state index is 11.4. The van der Waals surface area contributed by atoms with Gasteiger partial charge >= 0.3 is 11.9 Å². The highest BCUT2D eigenvalue weighted by Crippen LogP contribution is 2.13. The number of carboxylic acids is 1. The molecular weight excluding hydrogens is 288 g/mol. The molecule has 2 N–H and O–H groups in total. The minimum absolute atomic E-state index is 0.0843. The van der Waals surface area contributed by atoms with Gasteiger partial charge in [0.25, 0.3) is 10.1 Å². The Kier molecular flexibility index (Phi) is 8.09. The minimum atomic E-state index is -4.83. The van der Waals surface area contributed by atoms with E-state index in [0.29, 0.717) is 0 Å². The molecule has 0 aliphatic heterocycles. The predicted octanol–water partition coefficient (Wildman–Crippen LogP) is 1.25. The molecule has 1 unspecified atom stereocenters. The molecule has 7 nitrogen and oxygen atoms in total. The summed E-state index contributed by atoms with van der Waals surface area (Å²) in [6.45, 7) is 5.58. The monoisotopic (exact) mass is 308 g/mol. The number of hydrogen-bond acceptors (Lipinski definition) is 5. The topological polar surface area (TPSA) is 118 Å². The van der Waals surface area contributed by atoms with Gasteiger partial charge in [0, 0.05) is 0 Å². The number of carbonyl (C=O) groups excluding carboxylic acids is 1. The minimum Gasteiger partial charge on any atom is -0.480 e. The fourth-order valence-corrected chi connectivity index (χ4v) is 2.10. The third-order valence-corrected chi connectivity index (χ3v) is 3.91. The van der Waals surface area contributed by atoms with E-state index in [1.54, 1.807) is 6.08 Å². The van der Waals surface area contributed by atoms with E-state index >= 15 is 0 Å². The highest BCUT2D eigenvalue weighted by atomic mass is 32.2.